The fourth-order valence-corrected chi connectivity index (χ4v) is 3.67. The summed E-state index contributed by atoms with van der Waals surface area (Å²) in [6.45, 7) is 0. The zero-order chi connectivity index (χ0) is 22.3. The van der Waals surface area contributed by atoms with E-state index in [4.69, 9.17) is 13.9 Å². The average molecular weight is 425 g/mol. The number of allylic oxidation sites excluding steroid dienone is 1. The summed E-state index contributed by atoms with van der Waals surface area (Å²) in [6, 6.07) is 26.1. The maximum atomic E-state index is 9.73. The predicted molar refractivity (Wildman–Crippen MR) is 126 cm³/mol. The Labute approximate surface area is 187 Å². The molecule has 0 fully saturated rings. The van der Waals surface area contributed by atoms with E-state index in [-0.39, 0.29) is 0 Å². The molecule has 1 N–H and O–H groups in total. The van der Waals surface area contributed by atoms with Crippen molar-refractivity contribution in [1.29, 1.82) is 5.26 Å². The quantitative estimate of drug-likeness (QED) is 0.346. The standard InChI is InChI=1S/C27H24N2O3/c1-30-25-15-21(13-20(17-28)18-29-22-11-7-4-8-12-22)24-16-23(32-26(24)27(25)31-2)14-19-9-5-3-6-10-19/h3-12,15-16,18,29H,13-14H2,1-2H3. The highest BCUT2D eigenvalue weighted by Crippen LogP contribution is 2.40. The van der Waals surface area contributed by atoms with Gasteiger partial charge in [0, 0.05) is 35.7 Å². The Balaban J connectivity index is 1.71. The van der Waals surface area contributed by atoms with E-state index < -0.39 is 0 Å². The number of rotatable bonds is 8. The Morgan fingerprint density at radius 1 is 1.00 bits per heavy atom. The minimum atomic E-state index is 0.428. The van der Waals surface area contributed by atoms with Crippen LogP contribution >= 0.6 is 0 Å². The van der Waals surface area contributed by atoms with Crippen LogP contribution in [0.5, 0.6) is 11.5 Å². The largest absolute Gasteiger partial charge is 0.493 e. The summed E-state index contributed by atoms with van der Waals surface area (Å²) in [5.74, 6) is 1.95. The third-order valence-corrected chi connectivity index (χ3v) is 5.22. The van der Waals surface area contributed by atoms with Gasteiger partial charge in [-0.05, 0) is 35.4 Å². The molecule has 0 saturated heterocycles. The zero-order valence-corrected chi connectivity index (χ0v) is 18.1. The van der Waals surface area contributed by atoms with Crippen LogP contribution in [0, 0.1) is 11.3 Å². The summed E-state index contributed by atoms with van der Waals surface area (Å²) >= 11 is 0. The Morgan fingerprint density at radius 3 is 2.38 bits per heavy atom. The normalized spacial score (nSPS) is 11.2. The fourth-order valence-electron chi connectivity index (χ4n) is 3.67. The Morgan fingerprint density at radius 2 is 1.72 bits per heavy atom. The molecule has 3 aromatic carbocycles. The number of hydrogen-bond acceptors (Lipinski definition) is 5. The van der Waals surface area contributed by atoms with Crippen molar-refractivity contribution in [3.05, 3.63) is 101 Å². The topological polar surface area (TPSA) is 67.4 Å². The van der Waals surface area contributed by atoms with Crippen LogP contribution in [0.4, 0.5) is 5.69 Å². The number of benzene rings is 3. The molecule has 0 aliphatic heterocycles. The molecule has 0 spiro atoms. The molecule has 160 valence electrons. The number of fused-ring (bicyclic) bond motifs is 1. The number of nitrogens with one attached hydrogen (secondary N) is 1. The Bertz CT molecular complexity index is 1270. The number of nitrogens with zero attached hydrogens (tertiary/aromatic N) is 1. The van der Waals surface area contributed by atoms with Crippen molar-refractivity contribution < 1.29 is 13.9 Å². The Hall–Kier alpha value is -4.17. The van der Waals surface area contributed by atoms with E-state index in [0.717, 1.165) is 28.0 Å². The van der Waals surface area contributed by atoms with Gasteiger partial charge < -0.3 is 19.2 Å². The Kier molecular flexibility index (Phi) is 6.43. The third kappa shape index (κ3) is 4.60. The summed E-state index contributed by atoms with van der Waals surface area (Å²) < 4.78 is 17.3. The van der Waals surface area contributed by atoms with Crippen molar-refractivity contribution >= 4 is 16.7 Å². The highest BCUT2D eigenvalue weighted by molar-refractivity contribution is 5.90. The number of anilines is 1. The van der Waals surface area contributed by atoms with Crippen molar-refractivity contribution in [1.82, 2.24) is 0 Å². The lowest BCUT2D eigenvalue weighted by Crippen LogP contribution is -1.97. The average Bonchev–Trinajstić information content (AvgIpc) is 3.26. The van der Waals surface area contributed by atoms with Gasteiger partial charge in [0.2, 0.25) is 5.75 Å². The molecule has 0 atom stereocenters. The number of ether oxygens (including phenoxy) is 2. The monoisotopic (exact) mass is 424 g/mol. The van der Waals surface area contributed by atoms with Gasteiger partial charge in [-0.1, -0.05) is 48.5 Å². The van der Waals surface area contributed by atoms with E-state index in [1.54, 1.807) is 20.4 Å². The minimum Gasteiger partial charge on any atom is -0.493 e. The van der Waals surface area contributed by atoms with Gasteiger partial charge in [-0.25, -0.2) is 0 Å². The SMILES string of the molecule is COc1cc(CC(C#N)=CNc2ccccc2)c2cc(Cc3ccccc3)oc2c1OC. The highest BCUT2D eigenvalue weighted by Gasteiger charge is 2.19. The molecule has 5 heteroatoms. The zero-order valence-electron chi connectivity index (χ0n) is 18.1. The lowest BCUT2D eigenvalue weighted by Gasteiger charge is -2.11. The van der Waals surface area contributed by atoms with Crippen LogP contribution in [-0.4, -0.2) is 14.2 Å². The number of furan rings is 1. The molecular weight excluding hydrogens is 400 g/mol. The van der Waals surface area contributed by atoms with Crippen LogP contribution in [0.15, 0.2) is 89.0 Å². The molecule has 5 nitrogen and oxygen atoms in total. The fraction of sp³-hybridized carbons (Fsp3) is 0.148. The van der Waals surface area contributed by atoms with Gasteiger partial charge in [-0.2, -0.15) is 5.26 Å². The van der Waals surface area contributed by atoms with Crippen LogP contribution in [0.25, 0.3) is 11.0 Å². The summed E-state index contributed by atoms with van der Waals surface area (Å²) in [7, 11) is 3.19. The first kappa shape index (κ1) is 21.1. The van der Waals surface area contributed by atoms with E-state index in [2.05, 4.69) is 23.5 Å². The second-order valence-corrected chi connectivity index (χ2v) is 7.36. The molecule has 32 heavy (non-hydrogen) atoms. The van der Waals surface area contributed by atoms with Gasteiger partial charge in [0.05, 0.1) is 20.3 Å². The summed E-state index contributed by atoms with van der Waals surface area (Å²) in [5, 5.41) is 13.8. The smallest absolute Gasteiger partial charge is 0.204 e. The molecule has 1 heterocycles. The molecule has 4 rings (SSSR count). The number of methoxy groups -OCH3 is 2. The lowest BCUT2D eigenvalue weighted by atomic mass is 10.0. The molecule has 4 aromatic rings. The number of para-hydroxylation sites is 1. The lowest BCUT2D eigenvalue weighted by molar-refractivity contribution is 0.352. The van der Waals surface area contributed by atoms with Gasteiger partial charge >= 0.3 is 0 Å². The van der Waals surface area contributed by atoms with E-state index in [1.165, 1.54) is 0 Å². The summed E-state index contributed by atoms with van der Waals surface area (Å²) in [6.07, 6.45) is 2.83. The number of hydrogen-bond donors (Lipinski definition) is 1. The predicted octanol–water partition coefficient (Wildman–Crippen LogP) is 6.10. The van der Waals surface area contributed by atoms with E-state index in [0.29, 0.717) is 35.5 Å². The highest BCUT2D eigenvalue weighted by atomic mass is 16.5. The van der Waals surface area contributed by atoms with Crippen molar-refractivity contribution in [3.8, 4) is 17.6 Å². The van der Waals surface area contributed by atoms with Gasteiger partial charge in [0.15, 0.2) is 11.3 Å². The maximum Gasteiger partial charge on any atom is 0.204 e. The first-order valence-corrected chi connectivity index (χ1v) is 10.3. The van der Waals surface area contributed by atoms with Crippen molar-refractivity contribution in [2.75, 3.05) is 19.5 Å². The van der Waals surface area contributed by atoms with Crippen LogP contribution in [-0.2, 0) is 12.8 Å². The molecule has 0 bridgehead atoms. The first-order valence-electron chi connectivity index (χ1n) is 10.3. The number of nitriles is 1. The summed E-state index contributed by atoms with van der Waals surface area (Å²) in [4.78, 5) is 0. The van der Waals surface area contributed by atoms with Gasteiger partial charge in [0.25, 0.3) is 0 Å². The molecule has 0 amide bonds. The van der Waals surface area contributed by atoms with Crippen molar-refractivity contribution in [2.45, 2.75) is 12.8 Å². The van der Waals surface area contributed by atoms with Crippen LogP contribution < -0.4 is 14.8 Å². The molecule has 0 aliphatic carbocycles. The second-order valence-electron chi connectivity index (χ2n) is 7.36. The third-order valence-electron chi connectivity index (χ3n) is 5.22. The van der Waals surface area contributed by atoms with Crippen LogP contribution in [0.1, 0.15) is 16.9 Å². The van der Waals surface area contributed by atoms with E-state index in [1.807, 2.05) is 60.7 Å². The second kappa shape index (κ2) is 9.76. The maximum absolute atomic E-state index is 9.73. The molecule has 0 aliphatic rings. The first-order chi connectivity index (χ1) is 15.7. The van der Waals surface area contributed by atoms with E-state index >= 15 is 0 Å². The summed E-state index contributed by atoms with van der Waals surface area (Å²) in [5.41, 5.74) is 4.23. The van der Waals surface area contributed by atoms with Crippen LogP contribution in [0.3, 0.4) is 0 Å². The molecule has 0 unspecified atom stereocenters. The van der Waals surface area contributed by atoms with E-state index in [9.17, 15) is 5.26 Å². The van der Waals surface area contributed by atoms with Crippen LogP contribution in [0.2, 0.25) is 0 Å². The van der Waals surface area contributed by atoms with Crippen molar-refractivity contribution in [3.63, 3.8) is 0 Å². The molecule has 1 aromatic heterocycles. The van der Waals surface area contributed by atoms with Gasteiger partial charge in [0.1, 0.15) is 5.76 Å². The molecule has 0 saturated carbocycles. The molecular formula is C27H24N2O3. The molecule has 0 radical (unpaired) electrons. The van der Waals surface area contributed by atoms with Crippen molar-refractivity contribution in [2.24, 2.45) is 0 Å². The minimum absolute atomic E-state index is 0.428. The van der Waals surface area contributed by atoms with Gasteiger partial charge in [-0.15, -0.1) is 0 Å². The van der Waals surface area contributed by atoms with Gasteiger partial charge in [-0.3, -0.25) is 0 Å².